The van der Waals surface area contributed by atoms with Crippen molar-refractivity contribution < 1.29 is 4.74 Å². The van der Waals surface area contributed by atoms with E-state index >= 15 is 0 Å². The van der Waals surface area contributed by atoms with Crippen LogP contribution in [0.1, 0.15) is 0 Å². The van der Waals surface area contributed by atoms with Crippen molar-refractivity contribution in [2.45, 2.75) is 0 Å². The van der Waals surface area contributed by atoms with Crippen molar-refractivity contribution in [1.29, 1.82) is 0 Å². The van der Waals surface area contributed by atoms with Crippen LogP contribution in [0.3, 0.4) is 0 Å². The van der Waals surface area contributed by atoms with Gasteiger partial charge in [0.1, 0.15) is 18.5 Å². The molecule has 5 rings (SSSR count). The van der Waals surface area contributed by atoms with Gasteiger partial charge in [0.15, 0.2) is 0 Å². The van der Waals surface area contributed by atoms with Gasteiger partial charge in [-0.2, -0.15) is 0 Å². The second kappa shape index (κ2) is 6.88. The summed E-state index contributed by atoms with van der Waals surface area (Å²) in [5, 5.41) is 1.97. The summed E-state index contributed by atoms with van der Waals surface area (Å²) < 4.78 is 5.39. The van der Waals surface area contributed by atoms with E-state index in [2.05, 4.69) is 46.9 Å². The molecular formula is C20H19N7O. The first-order valence-corrected chi connectivity index (χ1v) is 9.17. The number of ether oxygens (including phenoxy) is 1. The molecular weight excluding hydrogens is 354 g/mol. The van der Waals surface area contributed by atoms with Crippen molar-refractivity contribution in [3.05, 3.63) is 49.3 Å². The quantitative estimate of drug-likeness (QED) is 0.541. The summed E-state index contributed by atoms with van der Waals surface area (Å²) in [6.45, 7) is 3.57. The van der Waals surface area contributed by atoms with Gasteiger partial charge in [-0.1, -0.05) is 0 Å². The second-order valence-corrected chi connectivity index (χ2v) is 6.65. The van der Waals surface area contributed by atoms with Gasteiger partial charge in [0.25, 0.3) is 0 Å². The predicted molar refractivity (Wildman–Crippen MR) is 108 cm³/mol. The third-order valence-electron chi connectivity index (χ3n) is 5.14. The molecule has 1 fully saturated rings. The summed E-state index contributed by atoms with van der Waals surface area (Å²) in [6.07, 6.45) is 6.71. The van der Waals surface area contributed by atoms with E-state index in [9.17, 15) is 0 Å². The average molecular weight is 373 g/mol. The van der Waals surface area contributed by atoms with Gasteiger partial charge in [-0.3, -0.25) is 4.98 Å². The van der Waals surface area contributed by atoms with E-state index in [4.69, 9.17) is 4.74 Å². The van der Waals surface area contributed by atoms with Crippen LogP contribution in [-0.4, -0.2) is 58.2 Å². The van der Waals surface area contributed by atoms with E-state index in [1.54, 1.807) is 25.8 Å². The molecule has 1 saturated heterocycles. The lowest BCUT2D eigenvalue weighted by Crippen LogP contribution is -2.46. The van der Waals surface area contributed by atoms with Crippen LogP contribution in [0.4, 0.5) is 11.5 Å². The molecule has 0 spiro atoms. The molecule has 1 aromatic carbocycles. The predicted octanol–water partition coefficient (Wildman–Crippen LogP) is 2.30. The van der Waals surface area contributed by atoms with Crippen LogP contribution in [0.5, 0.6) is 5.88 Å². The number of methoxy groups -OCH3 is 1. The SMILES string of the molecule is COc1ncnc2ccc(N3CCN(c4ncnc5cnccc45)CC3)cc12. The van der Waals surface area contributed by atoms with E-state index in [1.165, 1.54) is 6.33 Å². The number of benzene rings is 1. The third-order valence-corrected chi connectivity index (χ3v) is 5.14. The number of hydrogen-bond donors (Lipinski definition) is 0. The Bertz CT molecular complexity index is 1140. The molecule has 1 aliphatic rings. The van der Waals surface area contributed by atoms with Crippen molar-refractivity contribution in [1.82, 2.24) is 24.9 Å². The first-order chi connectivity index (χ1) is 13.8. The summed E-state index contributed by atoms with van der Waals surface area (Å²) in [4.78, 5) is 26.2. The number of anilines is 2. The van der Waals surface area contributed by atoms with Gasteiger partial charge in [-0.25, -0.2) is 19.9 Å². The molecule has 4 heterocycles. The summed E-state index contributed by atoms with van der Waals surface area (Å²) in [5.74, 6) is 1.58. The highest BCUT2D eigenvalue weighted by Crippen LogP contribution is 2.28. The Morgan fingerprint density at radius 1 is 0.821 bits per heavy atom. The lowest BCUT2D eigenvalue weighted by atomic mass is 10.1. The van der Waals surface area contributed by atoms with Gasteiger partial charge in [-0.05, 0) is 24.3 Å². The molecule has 3 aromatic heterocycles. The maximum atomic E-state index is 5.39. The minimum atomic E-state index is 0.603. The molecule has 4 aromatic rings. The molecule has 0 N–H and O–H groups in total. The molecule has 8 nitrogen and oxygen atoms in total. The highest BCUT2D eigenvalue weighted by atomic mass is 16.5. The summed E-state index contributed by atoms with van der Waals surface area (Å²) in [7, 11) is 1.63. The third kappa shape index (κ3) is 2.83. The molecule has 0 atom stereocenters. The molecule has 0 radical (unpaired) electrons. The largest absolute Gasteiger partial charge is 0.480 e. The second-order valence-electron chi connectivity index (χ2n) is 6.65. The van der Waals surface area contributed by atoms with Crippen LogP contribution in [0, 0.1) is 0 Å². The zero-order valence-corrected chi connectivity index (χ0v) is 15.5. The molecule has 140 valence electrons. The molecule has 1 aliphatic heterocycles. The Kier molecular flexibility index (Phi) is 4.08. The fourth-order valence-corrected chi connectivity index (χ4v) is 3.70. The molecule has 0 unspecified atom stereocenters. The van der Waals surface area contributed by atoms with Gasteiger partial charge < -0.3 is 14.5 Å². The Hall–Kier alpha value is -3.55. The first kappa shape index (κ1) is 16.6. The van der Waals surface area contributed by atoms with E-state index in [0.29, 0.717) is 5.88 Å². The topological polar surface area (TPSA) is 80.2 Å². The minimum Gasteiger partial charge on any atom is -0.480 e. The van der Waals surface area contributed by atoms with Crippen molar-refractivity contribution in [2.24, 2.45) is 0 Å². The minimum absolute atomic E-state index is 0.603. The fourth-order valence-electron chi connectivity index (χ4n) is 3.70. The number of fused-ring (bicyclic) bond motifs is 2. The number of rotatable bonds is 3. The Balaban J connectivity index is 1.39. The van der Waals surface area contributed by atoms with E-state index in [1.807, 2.05) is 12.1 Å². The van der Waals surface area contributed by atoms with Crippen LogP contribution in [0.2, 0.25) is 0 Å². The molecule has 0 saturated carbocycles. The molecule has 0 aliphatic carbocycles. The van der Waals surface area contributed by atoms with Gasteiger partial charge in [-0.15, -0.1) is 0 Å². The normalized spacial score (nSPS) is 14.6. The van der Waals surface area contributed by atoms with Crippen LogP contribution >= 0.6 is 0 Å². The van der Waals surface area contributed by atoms with Crippen molar-refractivity contribution in [2.75, 3.05) is 43.1 Å². The number of pyridine rings is 1. The lowest BCUT2D eigenvalue weighted by Gasteiger charge is -2.37. The zero-order chi connectivity index (χ0) is 18.9. The maximum Gasteiger partial charge on any atom is 0.224 e. The average Bonchev–Trinajstić information content (AvgIpc) is 2.78. The van der Waals surface area contributed by atoms with Crippen molar-refractivity contribution in [3.8, 4) is 5.88 Å². The van der Waals surface area contributed by atoms with Crippen molar-refractivity contribution >= 4 is 33.3 Å². The van der Waals surface area contributed by atoms with Crippen LogP contribution in [-0.2, 0) is 0 Å². The lowest BCUT2D eigenvalue weighted by molar-refractivity contribution is 0.402. The summed E-state index contributed by atoms with van der Waals surface area (Å²) in [5.41, 5.74) is 2.91. The summed E-state index contributed by atoms with van der Waals surface area (Å²) >= 11 is 0. The van der Waals surface area contributed by atoms with Crippen LogP contribution in [0.25, 0.3) is 21.8 Å². The highest BCUT2D eigenvalue weighted by Gasteiger charge is 2.20. The molecule has 0 amide bonds. The smallest absolute Gasteiger partial charge is 0.224 e. The standard InChI is InChI=1S/C20H19N7O/c1-28-20-16-10-14(2-3-17(16)22-13-25-20)26-6-8-27(9-7-26)19-15-4-5-21-11-18(15)23-12-24-19/h2-5,10-13H,6-9H2,1H3. The Morgan fingerprint density at radius 3 is 2.46 bits per heavy atom. The Labute approximate surface area is 161 Å². The molecule has 28 heavy (non-hydrogen) atoms. The van der Waals surface area contributed by atoms with Gasteiger partial charge >= 0.3 is 0 Å². The highest BCUT2D eigenvalue weighted by molar-refractivity contribution is 5.89. The van der Waals surface area contributed by atoms with Gasteiger partial charge in [0.2, 0.25) is 5.88 Å². The first-order valence-electron chi connectivity index (χ1n) is 9.17. The Morgan fingerprint density at radius 2 is 1.61 bits per heavy atom. The maximum absolute atomic E-state index is 5.39. The fraction of sp³-hybridized carbons (Fsp3) is 0.250. The van der Waals surface area contributed by atoms with Crippen LogP contribution < -0.4 is 14.5 Å². The van der Waals surface area contributed by atoms with E-state index < -0.39 is 0 Å². The van der Waals surface area contributed by atoms with Gasteiger partial charge in [0.05, 0.1) is 29.7 Å². The molecule has 8 heteroatoms. The zero-order valence-electron chi connectivity index (χ0n) is 15.5. The van der Waals surface area contributed by atoms with E-state index in [-0.39, 0.29) is 0 Å². The number of nitrogens with zero attached hydrogens (tertiary/aromatic N) is 7. The number of aromatic nitrogens is 5. The van der Waals surface area contributed by atoms with Gasteiger partial charge in [0, 0.05) is 43.4 Å². The molecule has 0 bridgehead atoms. The number of piperazine rings is 1. The number of hydrogen-bond acceptors (Lipinski definition) is 8. The van der Waals surface area contributed by atoms with Crippen molar-refractivity contribution in [3.63, 3.8) is 0 Å². The van der Waals surface area contributed by atoms with E-state index in [0.717, 1.165) is 59.5 Å². The summed E-state index contributed by atoms with van der Waals surface area (Å²) in [6, 6.07) is 8.21. The van der Waals surface area contributed by atoms with Crippen LogP contribution in [0.15, 0.2) is 49.3 Å². The monoisotopic (exact) mass is 373 g/mol.